The quantitative estimate of drug-likeness (QED) is 0.397. The summed E-state index contributed by atoms with van der Waals surface area (Å²) in [5, 5.41) is 0. The minimum absolute atomic E-state index is 0.678. The highest BCUT2D eigenvalue weighted by atomic mass is 127. The molecule has 1 aromatic rings. The van der Waals surface area contributed by atoms with Crippen LogP contribution in [0.25, 0.3) is 0 Å². The van der Waals surface area contributed by atoms with E-state index in [2.05, 4.69) is 28.7 Å². The molecule has 0 amide bonds. The van der Waals surface area contributed by atoms with Crippen molar-refractivity contribution in [3.63, 3.8) is 0 Å². The molecule has 0 N–H and O–H groups in total. The minimum Gasteiger partial charge on any atom is -0.490 e. The Bertz CT molecular complexity index is 326. The Morgan fingerprint density at radius 2 is 1.82 bits per heavy atom. The molecule has 1 aromatic carbocycles. The lowest BCUT2D eigenvalue weighted by atomic mass is 10.1. The average molecular weight is 348 g/mol. The second-order valence-corrected chi connectivity index (χ2v) is 4.84. The zero-order chi connectivity index (χ0) is 12.5. The molecule has 2 nitrogen and oxygen atoms in total. The lowest BCUT2D eigenvalue weighted by molar-refractivity contribution is 0.285. The van der Waals surface area contributed by atoms with Gasteiger partial charge in [-0.2, -0.15) is 0 Å². The first-order chi connectivity index (χ1) is 8.33. The van der Waals surface area contributed by atoms with Crippen LogP contribution in [0.3, 0.4) is 0 Å². The average Bonchev–Trinajstić information content (AvgIpc) is 2.33. The summed E-state index contributed by atoms with van der Waals surface area (Å²) < 4.78 is 12.5. The van der Waals surface area contributed by atoms with Gasteiger partial charge < -0.3 is 9.47 Å². The van der Waals surface area contributed by atoms with Crippen molar-refractivity contribution in [3.8, 4) is 11.5 Å². The lowest BCUT2D eigenvalue weighted by Gasteiger charge is -2.14. The highest BCUT2D eigenvalue weighted by molar-refractivity contribution is 14.1. The maximum Gasteiger partial charge on any atom is 0.164 e. The first kappa shape index (κ1) is 14.6. The largest absolute Gasteiger partial charge is 0.490 e. The van der Waals surface area contributed by atoms with E-state index in [4.69, 9.17) is 9.47 Å². The van der Waals surface area contributed by atoms with Crippen LogP contribution in [-0.4, -0.2) is 17.6 Å². The number of ether oxygens (including phenoxy) is 2. The predicted octanol–water partition coefficient (Wildman–Crippen LogP) is 4.24. The van der Waals surface area contributed by atoms with E-state index in [9.17, 15) is 0 Å². The van der Waals surface area contributed by atoms with Crippen LogP contribution in [0.15, 0.2) is 18.2 Å². The van der Waals surface area contributed by atoms with Crippen LogP contribution < -0.4 is 9.47 Å². The van der Waals surface area contributed by atoms with Crippen LogP contribution in [0.1, 0.15) is 32.3 Å². The number of hydrogen-bond donors (Lipinski definition) is 0. The Balaban J connectivity index is 2.81. The lowest BCUT2D eigenvalue weighted by Crippen LogP contribution is -2.02. The molecule has 0 unspecified atom stereocenters. The fourth-order valence-electron chi connectivity index (χ4n) is 1.75. The Hall–Kier alpha value is -0.450. The van der Waals surface area contributed by atoms with Gasteiger partial charge in [0.15, 0.2) is 11.5 Å². The van der Waals surface area contributed by atoms with E-state index in [1.807, 2.05) is 26.0 Å². The predicted molar refractivity (Wildman–Crippen MR) is 80.6 cm³/mol. The number of aryl methyl sites for hydroxylation is 1. The van der Waals surface area contributed by atoms with Crippen molar-refractivity contribution in [1.82, 2.24) is 0 Å². The standard InChI is InChI=1S/C14H21IO2/c1-3-16-13-10-7-9-12(8-5-6-11-15)14(13)17-4-2/h7,9-10H,3-6,8,11H2,1-2H3. The van der Waals surface area contributed by atoms with Crippen LogP contribution in [0, 0.1) is 0 Å². The van der Waals surface area contributed by atoms with Gasteiger partial charge in [-0.3, -0.25) is 0 Å². The summed E-state index contributed by atoms with van der Waals surface area (Å²) in [6, 6.07) is 6.17. The molecule has 0 aliphatic carbocycles. The summed E-state index contributed by atoms with van der Waals surface area (Å²) in [5.41, 5.74) is 1.27. The Morgan fingerprint density at radius 3 is 2.47 bits per heavy atom. The van der Waals surface area contributed by atoms with E-state index in [1.165, 1.54) is 22.8 Å². The summed E-state index contributed by atoms with van der Waals surface area (Å²) in [6.45, 7) is 5.37. The fourth-order valence-corrected chi connectivity index (χ4v) is 2.28. The van der Waals surface area contributed by atoms with E-state index in [-0.39, 0.29) is 0 Å². The summed E-state index contributed by atoms with van der Waals surface area (Å²) in [5.74, 6) is 1.81. The summed E-state index contributed by atoms with van der Waals surface area (Å²) in [4.78, 5) is 0. The van der Waals surface area contributed by atoms with E-state index in [0.717, 1.165) is 17.9 Å². The highest BCUT2D eigenvalue weighted by Gasteiger charge is 2.09. The number of halogens is 1. The minimum atomic E-state index is 0.678. The molecule has 0 heterocycles. The third-order valence-corrected chi connectivity index (χ3v) is 3.24. The van der Waals surface area contributed by atoms with Gasteiger partial charge in [-0.05, 0) is 49.2 Å². The van der Waals surface area contributed by atoms with Gasteiger partial charge in [0, 0.05) is 0 Å². The molecule has 0 spiro atoms. The molecule has 0 radical (unpaired) electrons. The number of para-hydroxylation sites is 1. The molecule has 0 saturated heterocycles. The van der Waals surface area contributed by atoms with Crippen molar-refractivity contribution in [2.75, 3.05) is 17.6 Å². The van der Waals surface area contributed by atoms with Crippen LogP contribution in [0.4, 0.5) is 0 Å². The zero-order valence-electron chi connectivity index (χ0n) is 10.7. The molecule has 0 aromatic heterocycles. The van der Waals surface area contributed by atoms with E-state index in [0.29, 0.717) is 13.2 Å². The summed E-state index contributed by atoms with van der Waals surface area (Å²) in [7, 11) is 0. The first-order valence-electron chi connectivity index (χ1n) is 6.26. The molecule has 3 heteroatoms. The van der Waals surface area contributed by atoms with Crippen LogP contribution in [-0.2, 0) is 6.42 Å². The monoisotopic (exact) mass is 348 g/mol. The van der Waals surface area contributed by atoms with Crippen molar-refractivity contribution >= 4 is 22.6 Å². The van der Waals surface area contributed by atoms with Crippen molar-refractivity contribution in [2.24, 2.45) is 0 Å². The van der Waals surface area contributed by atoms with Crippen molar-refractivity contribution < 1.29 is 9.47 Å². The van der Waals surface area contributed by atoms with Gasteiger partial charge in [0.25, 0.3) is 0 Å². The number of rotatable bonds is 8. The zero-order valence-corrected chi connectivity index (χ0v) is 12.8. The molecule has 0 saturated carbocycles. The van der Waals surface area contributed by atoms with E-state index in [1.54, 1.807) is 0 Å². The van der Waals surface area contributed by atoms with Gasteiger partial charge >= 0.3 is 0 Å². The fraction of sp³-hybridized carbons (Fsp3) is 0.571. The molecule has 0 aliphatic rings. The molecular weight excluding hydrogens is 327 g/mol. The molecule has 0 bridgehead atoms. The SMILES string of the molecule is CCOc1cccc(CCCCI)c1OCC. The van der Waals surface area contributed by atoms with Crippen molar-refractivity contribution in [3.05, 3.63) is 23.8 Å². The molecular formula is C14H21IO2. The summed E-state index contributed by atoms with van der Waals surface area (Å²) >= 11 is 2.42. The van der Waals surface area contributed by atoms with Crippen molar-refractivity contribution in [2.45, 2.75) is 33.1 Å². The van der Waals surface area contributed by atoms with E-state index < -0.39 is 0 Å². The molecule has 0 aliphatic heterocycles. The Morgan fingerprint density at radius 1 is 1.06 bits per heavy atom. The Labute approximate surface area is 118 Å². The van der Waals surface area contributed by atoms with Crippen molar-refractivity contribution in [1.29, 1.82) is 0 Å². The maximum atomic E-state index is 5.72. The normalized spacial score (nSPS) is 10.3. The third kappa shape index (κ3) is 4.74. The number of alkyl halides is 1. The highest BCUT2D eigenvalue weighted by Crippen LogP contribution is 2.32. The molecule has 1 rings (SSSR count). The third-order valence-electron chi connectivity index (χ3n) is 2.48. The topological polar surface area (TPSA) is 18.5 Å². The smallest absolute Gasteiger partial charge is 0.164 e. The number of unbranched alkanes of at least 4 members (excludes halogenated alkanes) is 1. The molecule has 0 fully saturated rings. The second-order valence-electron chi connectivity index (χ2n) is 3.76. The van der Waals surface area contributed by atoms with Gasteiger partial charge in [-0.1, -0.05) is 34.7 Å². The number of hydrogen-bond acceptors (Lipinski definition) is 2. The Kier molecular flexibility index (Phi) is 7.40. The maximum absolute atomic E-state index is 5.72. The molecule has 0 atom stereocenters. The number of benzene rings is 1. The van der Waals surface area contributed by atoms with Crippen LogP contribution in [0.5, 0.6) is 11.5 Å². The second kappa shape index (κ2) is 8.61. The van der Waals surface area contributed by atoms with Crippen LogP contribution >= 0.6 is 22.6 Å². The van der Waals surface area contributed by atoms with Gasteiger partial charge in [0.2, 0.25) is 0 Å². The van der Waals surface area contributed by atoms with Gasteiger partial charge in [-0.15, -0.1) is 0 Å². The first-order valence-corrected chi connectivity index (χ1v) is 7.79. The summed E-state index contributed by atoms with van der Waals surface area (Å²) in [6.07, 6.45) is 3.53. The van der Waals surface area contributed by atoms with Crippen LogP contribution in [0.2, 0.25) is 0 Å². The van der Waals surface area contributed by atoms with Gasteiger partial charge in [0.1, 0.15) is 0 Å². The molecule has 96 valence electrons. The van der Waals surface area contributed by atoms with Gasteiger partial charge in [0.05, 0.1) is 13.2 Å². The van der Waals surface area contributed by atoms with Gasteiger partial charge in [-0.25, -0.2) is 0 Å². The van der Waals surface area contributed by atoms with E-state index >= 15 is 0 Å². The molecule has 17 heavy (non-hydrogen) atoms.